The largest absolute Gasteiger partial charge is 0.480 e. The van der Waals surface area contributed by atoms with Crippen molar-refractivity contribution in [3.63, 3.8) is 0 Å². The summed E-state index contributed by atoms with van der Waals surface area (Å²) in [7, 11) is 0. The molecular weight excluding hydrogens is 276 g/mol. The Labute approximate surface area is 125 Å². The molecule has 7 heteroatoms. The highest BCUT2D eigenvalue weighted by atomic mass is 16.4. The van der Waals surface area contributed by atoms with Crippen LogP contribution >= 0.6 is 0 Å². The maximum atomic E-state index is 10.7. The number of amides is 1. The number of nitrogens with one attached hydrogen (secondary N) is 1. The Kier molecular flexibility index (Phi) is 8.22. The van der Waals surface area contributed by atoms with E-state index < -0.39 is 29.4 Å². The van der Waals surface area contributed by atoms with Gasteiger partial charge in [0.25, 0.3) is 0 Å². The van der Waals surface area contributed by atoms with Crippen molar-refractivity contribution in [3.8, 4) is 0 Å². The Morgan fingerprint density at radius 3 is 1.33 bits per heavy atom. The Morgan fingerprint density at radius 2 is 1.29 bits per heavy atom. The van der Waals surface area contributed by atoms with Gasteiger partial charge in [0.15, 0.2) is 0 Å². The lowest BCUT2D eigenvalue weighted by molar-refractivity contribution is -0.144. The van der Waals surface area contributed by atoms with Gasteiger partial charge in [-0.25, -0.2) is 4.79 Å². The molecule has 0 fully saturated rings. The van der Waals surface area contributed by atoms with Crippen LogP contribution in [0.4, 0.5) is 0 Å². The zero-order valence-corrected chi connectivity index (χ0v) is 13.9. The van der Waals surface area contributed by atoms with Crippen LogP contribution in [-0.4, -0.2) is 40.1 Å². The van der Waals surface area contributed by atoms with E-state index in [1.165, 1.54) is 6.92 Å². The summed E-state index contributed by atoms with van der Waals surface area (Å²) in [5.41, 5.74) is 4.49. The first-order chi connectivity index (χ1) is 9.10. The lowest BCUT2D eigenvalue weighted by atomic mass is 9.87. The van der Waals surface area contributed by atoms with Crippen LogP contribution in [0.2, 0.25) is 0 Å². The van der Waals surface area contributed by atoms with Crippen LogP contribution in [0.5, 0.6) is 0 Å². The molecule has 1 amide bonds. The van der Waals surface area contributed by atoms with Gasteiger partial charge >= 0.3 is 11.9 Å². The van der Waals surface area contributed by atoms with Gasteiger partial charge in [-0.3, -0.25) is 9.59 Å². The van der Waals surface area contributed by atoms with Gasteiger partial charge in [-0.2, -0.15) is 0 Å². The van der Waals surface area contributed by atoms with Crippen molar-refractivity contribution in [1.82, 2.24) is 5.32 Å². The summed E-state index contributed by atoms with van der Waals surface area (Å²) in [6, 6.07) is -1.59. The van der Waals surface area contributed by atoms with Gasteiger partial charge in [0.1, 0.15) is 12.1 Å². The molecular formula is C14H28N2O5. The highest BCUT2D eigenvalue weighted by Gasteiger charge is 2.31. The van der Waals surface area contributed by atoms with Crippen LogP contribution in [-0.2, 0) is 14.4 Å². The lowest BCUT2D eigenvalue weighted by Gasteiger charge is -2.27. The highest BCUT2D eigenvalue weighted by molar-refractivity contribution is 5.82. The van der Waals surface area contributed by atoms with Crippen LogP contribution < -0.4 is 11.1 Å². The smallest absolute Gasteiger partial charge is 0.326 e. The Morgan fingerprint density at radius 1 is 0.905 bits per heavy atom. The number of hydrogen-bond donors (Lipinski definition) is 4. The van der Waals surface area contributed by atoms with Gasteiger partial charge in [-0.15, -0.1) is 0 Å². The van der Waals surface area contributed by atoms with E-state index in [9.17, 15) is 14.4 Å². The topological polar surface area (TPSA) is 130 Å². The molecule has 0 aliphatic carbocycles. The van der Waals surface area contributed by atoms with E-state index in [1.54, 1.807) is 41.5 Å². The molecule has 21 heavy (non-hydrogen) atoms. The van der Waals surface area contributed by atoms with Gasteiger partial charge < -0.3 is 21.3 Å². The summed E-state index contributed by atoms with van der Waals surface area (Å²) in [4.78, 5) is 31.5. The molecule has 0 aromatic rings. The van der Waals surface area contributed by atoms with Crippen LogP contribution in [0.15, 0.2) is 0 Å². The molecule has 0 aliphatic rings. The average Bonchev–Trinajstić information content (AvgIpc) is 2.22. The normalized spacial score (nSPS) is 14.3. The molecule has 0 radical (unpaired) electrons. The first-order valence-electron chi connectivity index (χ1n) is 6.59. The van der Waals surface area contributed by atoms with Crippen molar-refractivity contribution in [2.75, 3.05) is 0 Å². The number of carboxylic acid groups (broad SMARTS) is 2. The molecule has 0 aromatic carbocycles. The predicted molar refractivity (Wildman–Crippen MR) is 79.8 cm³/mol. The van der Waals surface area contributed by atoms with E-state index in [0.717, 1.165) is 0 Å². The van der Waals surface area contributed by atoms with Crippen LogP contribution in [0.3, 0.4) is 0 Å². The molecule has 0 aromatic heterocycles. The molecule has 0 saturated carbocycles. The number of carbonyl (C=O) groups excluding carboxylic acids is 1. The SMILES string of the molecule is CC(=O)N[C@@H](C(=O)O)C(C)(C)C.CC(C)(C)[C@@H](N)C(=O)O. The third kappa shape index (κ3) is 9.84. The first kappa shape index (κ1) is 21.7. The minimum absolute atomic E-state index is 0.322. The Bertz CT molecular complexity index is 380. The molecule has 0 rings (SSSR count). The summed E-state index contributed by atoms with van der Waals surface area (Å²) < 4.78 is 0. The van der Waals surface area contributed by atoms with Crippen molar-refractivity contribution < 1.29 is 24.6 Å². The van der Waals surface area contributed by atoms with Crippen molar-refractivity contribution in [3.05, 3.63) is 0 Å². The van der Waals surface area contributed by atoms with Crippen molar-refractivity contribution in [1.29, 1.82) is 0 Å². The van der Waals surface area contributed by atoms with Gasteiger partial charge in [-0.1, -0.05) is 41.5 Å². The van der Waals surface area contributed by atoms with Crippen molar-refractivity contribution in [2.24, 2.45) is 16.6 Å². The number of rotatable bonds is 3. The molecule has 5 N–H and O–H groups in total. The van der Waals surface area contributed by atoms with Gasteiger partial charge in [0, 0.05) is 6.92 Å². The zero-order valence-electron chi connectivity index (χ0n) is 13.9. The third-order valence-corrected chi connectivity index (χ3v) is 2.66. The molecule has 0 bridgehead atoms. The molecule has 0 heterocycles. The molecule has 0 spiro atoms. The van der Waals surface area contributed by atoms with E-state index in [2.05, 4.69) is 5.32 Å². The van der Waals surface area contributed by atoms with E-state index in [1.807, 2.05) is 0 Å². The van der Waals surface area contributed by atoms with Crippen molar-refractivity contribution >= 4 is 17.8 Å². The standard InChI is InChI=1S/C8H15NO3.C6H13NO2/c1-5(10)9-6(7(11)12)8(2,3)4;1-6(2,3)4(7)5(8)9/h6H,1-4H3,(H,9,10)(H,11,12);4H,7H2,1-3H3,(H,8,9)/t6-;4-/m00/s1. The van der Waals surface area contributed by atoms with Gasteiger partial charge in [-0.05, 0) is 10.8 Å². The van der Waals surface area contributed by atoms with Crippen molar-refractivity contribution in [2.45, 2.75) is 60.5 Å². The van der Waals surface area contributed by atoms with Gasteiger partial charge in [0.05, 0.1) is 0 Å². The quantitative estimate of drug-likeness (QED) is 0.617. The maximum absolute atomic E-state index is 10.7. The lowest BCUT2D eigenvalue weighted by Crippen LogP contribution is -2.48. The van der Waals surface area contributed by atoms with E-state index in [0.29, 0.717) is 0 Å². The van der Waals surface area contributed by atoms with E-state index in [4.69, 9.17) is 15.9 Å². The summed E-state index contributed by atoms with van der Waals surface area (Å²) in [5.74, 6) is -2.27. The Hall–Kier alpha value is -1.63. The zero-order chi connectivity index (χ0) is 17.6. The minimum Gasteiger partial charge on any atom is -0.480 e. The fraction of sp³-hybridized carbons (Fsp3) is 0.786. The minimum atomic E-state index is -1.00. The van der Waals surface area contributed by atoms with Crippen LogP contribution in [0.1, 0.15) is 48.5 Å². The summed E-state index contributed by atoms with van der Waals surface area (Å²) in [5, 5.41) is 19.5. The molecule has 7 nitrogen and oxygen atoms in total. The summed E-state index contributed by atoms with van der Waals surface area (Å²) in [6.45, 7) is 12.0. The highest BCUT2D eigenvalue weighted by Crippen LogP contribution is 2.19. The molecule has 0 unspecified atom stereocenters. The van der Waals surface area contributed by atoms with Crippen LogP contribution in [0, 0.1) is 10.8 Å². The second-order valence-electron chi connectivity index (χ2n) is 7.02. The summed E-state index contributed by atoms with van der Waals surface area (Å²) >= 11 is 0. The third-order valence-electron chi connectivity index (χ3n) is 2.66. The van der Waals surface area contributed by atoms with Crippen LogP contribution in [0.25, 0.3) is 0 Å². The Balaban J connectivity index is 0. The van der Waals surface area contributed by atoms with E-state index >= 15 is 0 Å². The predicted octanol–water partition coefficient (Wildman–Crippen LogP) is 1.07. The second kappa shape index (κ2) is 7.97. The fourth-order valence-corrected chi connectivity index (χ4v) is 1.22. The molecule has 2 atom stereocenters. The maximum Gasteiger partial charge on any atom is 0.326 e. The van der Waals surface area contributed by atoms with Gasteiger partial charge in [0.2, 0.25) is 5.91 Å². The molecule has 0 aliphatic heterocycles. The van der Waals surface area contributed by atoms with E-state index in [-0.39, 0.29) is 11.3 Å². The molecule has 124 valence electrons. The number of nitrogens with two attached hydrogens (primary N) is 1. The monoisotopic (exact) mass is 304 g/mol. The average molecular weight is 304 g/mol. The fourth-order valence-electron chi connectivity index (χ4n) is 1.22. The number of carboxylic acids is 2. The number of carbonyl (C=O) groups is 3. The number of hydrogen-bond acceptors (Lipinski definition) is 4. The second-order valence-corrected chi connectivity index (χ2v) is 7.02. The number of aliphatic carboxylic acids is 2. The summed E-state index contributed by atoms with van der Waals surface area (Å²) in [6.07, 6.45) is 0. The molecule has 0 saturated heterocycles. The first-order valence-corrected chi connectivity index (χ1v) is 6.59.